The molecule has 0 saturated carbocycles. The molecule has 1 N–H and O–H groups in total. The number of hydrogen-bond acceptors (Lipinski definition) is 6. The molecule has 3 heterocycles. The summed E-state index contributed by atoms with van der Waals surface area (Å²) in [6, 6.07) is 9.18. The third kappa shape index (κ3) is 6.28. The molecule has 0 spiro atoms. The third-order valence-electron chi connectivity index (χ3n) is 7.92. The van der Waals surface area contributed by atoms with Crippen molar-refractivity contribution in [2.45, 2.75) is 71.1 Å². The zero-order valence-electron chi connectivity index (χ0n) is 22.5. The summed E-state index contributed by atoms with van der Waals surface area (Å²) in [5, 5.41) is 8.00. The minimum Gasteiger partial charge on any atom is -0.497 e. The number of nitrogens with zero attached hydrogens (tertiary/aromatic N) is 4. The van der Waals surface area contributed by atoms with E-state index in [-0.39, 0.29) is 5.91 Å². The monoisotopic (exact) mass is 497 g/mol. The number of nitrogens with one attached hydrogen (secondary N) is 1. The van der Waals surface area contributed by atoms with Gasteiger partial charge in [0, 0.05) is 56.5 Å². The second kappa shape index (κ2) is 12.7. The predicted octanol–water partition coefficient (Wildman–Crippen LogP) is 3.13. The third-order valence-corrected chi connectivity index (χ3v) is 7.92. The number of amides is 1. The summed E-state index contributed by atoms with van der Waals surface area (Å²) < 4.78 is 12.6. The maximum atomic E-state index is 13.3. The van der Waals surface area contributed by atoms with Crippen molar-refractivity contribution in [3.05, 3.63) is 46.8 Å². The molecule has 4 rings (SSSR count). The van der Waals surface area contributed by atoms with E-state index in [2.05, 4.69) is 41.1 Å². The standard InChI is InChI=1S/C28H43N5O3/c1-5-31-15-6-7-23(31)19-29-28(34)27-25-20-32(16-14-26(25)33(30-27)17-18-35-3)21(2)8-9-22-10-12-24(36-4)13-11-22/h10-13,21,23H,5-9,14-20H2,1-4H3,(H,29,34)/t21-,23+/m0/s1. The van der Waals surface area contributed by atoms with Crippen LogP contribution < -0.4 is 10.1 Å². The van der Waals surface area contributed by atoms with E-state index in [1.807, 2.05) is 16.8 Å². The average Bonchev–Trinajstić information content (AvgIpc) is 3.53. The second-order valence-electron chi connectivity index (χ2n) is 10.1. The lowest BCUT2D eigenvalue weighted by Gasteiger charge is -2.33. The first kappa shape index (κ1) is 26.6. The van der Waals surface area contributed by atoms with Gasteiger partial charge in [0.1, 0.15) is 5.75 Å². The molecule has 2 aliphatic rings. The number of rotatable bonds is 12. The highest BCUT2D eigenvalue weighted by atomic mass is 16.5. The van der Waals surface area contributed by atoms with Crippen LogP contribution in [0.4, 0.5) is 0 Å². The Bertz CT molecular complexity index is 990. The van der Waals surface area contributed by atoms with E-state index in [9.17, 15) is 4.79 Å². The summed E-state index contributed by atoms with van der Waals surface area (Å²) >= 11 is 0. The summed E-state index contributed by atoms with van der Waals surface area (Å²) in [7, 11) is 3.40. The molecule has 1 fully saturated rings. The normalized spacial score (nSPS) is 19.3. The summed E-state index contributed by atoms with van der Waals surface area (Å²) in [6.07, 6.45) is 5.34. The molecular formula is C28H43N5O3. The lowest BCUT2D eigenvalue weighted by Crippen LogP contribution is -2.41. The fraction of sp³-hybridized carbons (Fsp3) is 0.643. The molecule has 0 unspecified atom stereocenters. The molecule has 0 radical (unpaired) electrons. The first-order valence-electron chi connectivity index (χ1n) is 13.5. The zero-order chi connectivity index (χ0) is 25.5. The van der Waals surface area contributed by atoms with Crippen molar-refractivity contribution < 1.29 is 14.3 Å². The Morgan fingerprint density at radius 1 is 1.22 bits per heavy atom. The molecule has 1 aromatic carbocycles. The van der Waals surface area contributed by atoms with Crippen molar-refractivity contribution in [3.63, 3.8) is 0 Å². The number of aryl methyl sites for hydroxylation is 1. The summed E-state index contributed by atoms with van der Waals surface area (Å²) in [5.74, 6) is 0.847. The zero-order valence-corrected chi connectivity index (χ0v) is 22.5. The lowest BCUT2D eigenvalue weighted by molar-refractivity contribution is 0.0931. The highest BCUT2D eigenvalue weighted by Gasteiger charge is 2.31. The van der Waals surface area contributed by atoms with Crippen LogP contribution in [0.3, 0.4) is 0 Å². The molecular weight excluding hydrogens is 454 g/mol. The van der Waals surface area contributed by atoms with Gasteiger partial charge >= 0.3 is 0 Å². The van der Waals surface area contributed by atoms with Crippen LogP contribution in [-0.4, -0.2) is 84.6 Å². The van der Waals surface area contributed by atoms with Crippen molar-refractivity contribution in [1.82, 2.24) is 24.9 Å². The predicted molar refractivity (Wildman–Crippen MR) is 142 cm³/mol. The molecule has 0 aliphatic carbocycles. The number of ether oxygens (including phenoxy) is 2. The van der Waals surface area contributed by atoms with E-state index in [0.717, 1.165) is 63.2 Å². The largest absolute Gasteiger partial charge is 0.497 e. The van der Waals surface area contributed by atoms with Crippen LogP contribution in [0.15, 0.2) is 24.3 Å². The average molecular weight is 498 g/mol. The van der Waals surface area contributed by atoms with E-state index < -0.39 is 0 Å². The Morgan fingerprint density at radius 3 is 2.75 bits per heavy atom. The van der Waals surface area contributed by atoms with Gasteiger partial charge in [0.15, 0.2) is 5.69 Å². The molecule has 8 heteroatoms. The lowest BCUT2D eigenvalue weighted by atomic mass is 10.00. The number of aromatic nitrogens is 2. The number of methoxy groups -OCH3 is 2. The Hall–Kier alpha value is -2.42. The summed E-state index contributed by atoms with van der Waals surface area (Å²) in [4.78, 5) is 18.3. The quantitative estimate of drug-likeness (QED) is 0.486. The molecule has 2 atom stereocenters. The van der Waals surface area contributed by atoms with Crippen LogP contribution in [0.2, 0.25) is 0 Å². The molecule has 36 heavy (non-hydrogen) atoms. The van der Waals surface area contributed by atoms with Crippen LogP contribution in [0.25, 0.3) is 0 Å². The second-order valence-corrected chi connectivity index (χ2v) is 10.1. The molecule has 2 aromatic rings. The number of hydrogen-bond donors (Lipinski definition) is 1. The Morgan fingerprint density at radius 2 is 2.03 bits per heavy atom. The first-order chi connectivity index (χ1) is 17.5. The van der Waals surface area contributed by atoms with E-state index in [1.165, 1.54) is 17.7 Å². The van der Waals surface area contributed by atoms with Crippen LogP contribution >= 0.6 is 0 Å². The summed E-state index contributed by atoms with van der Waals surface area (Å²) in [6.45, 7) is 10.3. The number of likely N-dealkylation sites (tertiary alicyclic amines) is 1. The van der Waals surface area contributed by atoms with Crippen molar-refractivity contribution >= 4 is 5.91 Å². The molecule has 8 nitrogen and oxygen atoms in total. The maximum Gasteiger partial charge on any atom is 0.272 e. The minimum absolute atomic E-state index is 0.0434. The highest BCUT2D eigenvalue weighted by Crippen LogP contribution is 2.26. The molecule has 198 valence electrons. The number of carbonyl (C=O) groups excluding carboxylic acids is 1. The van der Waals surface area contributed by atoms with Gasteiger partial charge in [-0.1, -0.05) is 19.1 Å². The van der Waals surface area contributed by atoms with Crippen LogP contribution in [-0.2, 0) is 30.7 Å². The smallest absolute Gasteiger partial charge is 0.272 e. The molecule has 1 saturated heterocycles. The number of benzene rings is 1. The van der Waals surface area contributed by atoms with Gasteiger partial charge in [-0.05, 0) is 63.4 Å². The Balaban J connectivity index is 1.42. The number of fused-ring (bicyclic) bond motifs is 1. The van der Waals surface area contributed by atoms with Crippen molar-refractivity contribution in [2.24, 2.45) is 0 Å². The van der Waals surface area contributed by atoms with Crippen molar-refractivity contribution in [2.75, 3.05) is 47.0 Å². The minimum atomic E-state index is -0.0434. The van der Waals surface area contributed by atoms with Crippen LogP contribution in [0, 0.1) is 0 Å². The van der Waals surface area contributed by atoms with Gasteiger partial charge in [0.25, 0.3) is 5.91 Å². The Kier molecular flexibility index (Phi) is 9.40. The van der Waals surface area contributed by atoms with Gasteiger partial charge in [-0.2, -0.15) is 5.10 Å². The highest BCUT2D eigenvalue weighted by molar-refractivity contribution is 5.94. The van der Waals surface area contributed by atoms with Gasteiger partial charge in [-0.25, -0.2) is 0 Å². The van der Waals surface area contributed by atoms with E-state index >= 15 is 0 Å². The topological polar surface area (TPSA) is 71.9 Å². The number of carbonyl (C=O) groups is 1. The van der Waals surface area contributed by atoms with Crippen LogP contribution in [0.1, 0.15) is 60.4 Å². The van der Waals surface area contributed by atoms with E-state index in [1.54, 1.807) is 14.2 Å². The van der Waals surface area contributed by atoms with Gasteiger partial charge in [0.05, 0.1) is 20.3 Å². The van der Waals surface area contributed by atoms with Gasteiger partial charge in [-0.15, -0.1) is 0 Å². The van der Waals surface area contributed by atoms with Gasteiger partial charge in [0.2, 0.25) is 0 Å². The Labute approximate surface area is 215 Å². The van der Waals surface area contributed by atoms with E-state index in [4.69, 9.17) is 14.6 Å². The van der Waals surface area contributed by atoms with Gasteiger partial charge < -0.3 is 14.8 Å². The fourth-order valence-electron chi connectivity index (χ4n) is 5.62. The molecule has 1 amide bonds. The SMILES string of the molecule is CCN1CCC[C@@H]1CNC(=O)c1nn(CCOC)c2c1CN([C@@H](C)CCc1ccc(OC)cc1)CC2. The maximum absolute atomic E-state index is 13.3. The molecule has 1 aromatic heterocycles. The first-order valence-corrected chi connectivity index (χ1v) is 13.5. The van der Waals surface area contributed by atoms with E-state index in [0.29, 0.717) is 37.5 Å². The number of likely N-dealkylation sites (N-methyl/N-ethyl adjacent to an activating group) is 1. The molecule has 0 bridgehead atoms. The molecule has 2 aliphatic heterocycles. The van der Waals surface area contributed by atoms with Crippen molar-refractivity contribution in [3.8, 4) is 5.75 Å². The summed E-state index contributed by atoms with van der Waals surface area (Å²) in [5.41, 5.74) is 4.19. The van der Waals surface area contributed by atoms with Gasteiger partial charge in [-0.3, -0.25) is 19.3 Å². The van der Waals surface area contributed by atoms with Crippen molar-refractivity contribution in [1.29, 1.82) is 0 Å². The van der Waals surface area contributed by atoms with Crippen LogP contribution in [0.5, 0.6) is 5.75 Å². The fourth-order valence-corrected chi connectivity index (χ4v) is 5.62.